The highest BCUT2D eigenvalue weighted by Crippen LogP contribution is 2.18. The summed E-state index contributed by atoms with van der Waals surface area (Å²) in [6.07, 6.45) is 0.942. The highest BCUT2D eigenvalue weighted by atomic mass is 16.6. The van der Waals surface area contributed by atoms with Crippen LogP contribution in [0.1, 0.15) is 52.7 Å². The van der Waals surface area contributed by atoms with E-state index in [1.807, 2.05) is 12.1 Å². The Bertz CT molecular complexity index is 590. The Morgan fingerprint density at radius 2 is 1.80 bits per heavy atom. The number of carboxylic acids is 1. The minimum atomic E-state index is -1.01. The van der Waals surface area contributed by atoms with Crippen molar-refractivity contribution in [2.24, 2.45) is 5.92 Å². The molecule has 5 nitrogen and oxygen atoms in total. The number of amides is 1. The topological polar surface area (TPSA) is 66.8 Å². The van der Waals surface area contributed by atoms with E-state index in [1.54, 1.807) is 34.6 Å². The summed E-state index contributed by atoms with van der Waals surface area (Å²) in [5.41, 5.74) is 1.64. The molecule has 0 saturated heterocycles. The molecule has 5 heteroatoms. The molecular weight excluding hydrogens is 318 g/mol. The summed E-state index contributed by atoms with van der Waals surface area (Å²) in [6, 6.07) is 7.23. The van der Waals surface area contributed by atoms with Gasteiger partial charge in [0, 0.05) is 6.54 Å². The summed E-state index contributed by atoms with van der Waals surface area (Å²) in [6.45, 7) is 11.3. The molecule has 0 aromatic heterocycles. The first kappa shape index (κ1) is 21.0. The second kappa shape index (κ2) is 8.88. The van der Waals surface area contributed by atoms with E-state index in [9.17, 15) is 14.7 Å². The van der Waals surface area contributed by atoms with Crippen LogP contribution >= 0.6 is 0 Å². The van der Waals surface area contributed by atoms with Gasteiger partial charge in [0.15, 0.2) is 0 Å². The van der Waals surface area contributed by atoms with Crippen molar-refractivity contribution in [3.63, 3.8) is 0 Å². The SMILES string of the molecule is CCc1cccc(CCN(C(=O)OC(C)(C)C)[C@H](C(=O)O)C(C)C)c1. The summed E-state index contributed by atoms with van der Waals surface area (Å²) in [7, 11) is 0. The van der Waals surface area contributed by atoms with Crippen molar-refractivity contribution in [3.8, 4) is 0 Å². The van der Waals surface area contributed by atoms with E-state index in [0.717, 1.165) is 12.0 Å². The summed E-state index contributed by atoms with van der Waals surface area (Å²) < 4.78 is 5.44. The number of hydrogen-bond donors (Lipinski definition) is 1. The highest BCUT2D eigenvalue weighted by molar-refractivity contribution is 5.80. The minimum absolute atomic E-state index is 0.216. The molecule has 0 aliphatic heterocycles. The van der Waals surface area contributed by atoms with E-state index in [4.69, 9.17) is 4.74 Å². The first-order valence-corrected chi connectivity index (χ1v) is 8.85. The molecule has 1 rings (SSSR count). The van der Waals surface area contributed by atoms with Crippen LogP contribution in [0, 0.1) is 5.92 Å². The van der Waals surface area contributed by atoms with Crippen molar-refractivity contribution in [3.05, 3.63) is 35.4 Å². The first-order valence-electron chi connectivity index (χ1n) is 8.85. The quantitative estimate of drug-likeness (QED) is 0.803. The number of carboxylic acid groups (broad SMARTS) is 1. The lowest BCUT2D eigenvalue weighted by molar-refractivity contribution is -0.144. The number of aliphatic carboxylic acids is 1. The van der Waals surface area contributed by atoms with Crippen LogP contribution < -0.4 is 0 Å². The van der Waals surface area contributed by atoms with Crippen LogP contribution in [0.3, 0.4) is 0 Å². The summed E-state index contributed by atoms with van der Waals surface area (Å²) >= 11 is 0. The Hall–Kier alpha value is -2.04. The van der Waals surface area contributed by atoms with E-state index >= 15 is 0 Å². The van der Waals surface area contributed by atoms with E-state index in [0.29, 0.717) is 13.0 Å². The fraction of sp³-hybridized carbons (Fsp3) is 0.600. The lowest BCUT2D eigenvalue weighted by atomic mass is 10.0. The van der Waals surface area contributed by atoms with E-state index in [2.05, 4.69) is 19.1 Å². The fourth-order valence-electron chi connectivity index (χ4n) is 2.70. The molecule has 0 aliphatic carbocycles. The van der Waals surface area contributed by atoms with Crippen LogP contribution in [-0.4, -0.2) is 40.3 Å². The third-order valence-electron chi connectivity index (χ3n) is 3.89. The Morgan fingerprint density at radius 1 is 1.20 bits per heavy atom. The Kier molecular flexibility index (Phi) is 7.46. The van der Waals surface area contributed by atoms with Crippen LogP contribution in [0.2, 0.25) is 0 Å². The molecule has 0 heterocycles. The largest absolute Gasteiger partial charge is 0.480 e. The van der Waals surface area contributed by atoms with Gasteiger partial charge in [-0.2, -0.15) is 0 Å². The van der Waals surface area contributed by atoms with Crippen LogP contribution in [0.4, 0.5) is 4.79 Å². The molecule has 0 aliphatic rings. The van der Waals surface area contributed by atoms with Gasteiger partial charge >= 0.3 is 12.1 Å². The Morgan fingerprint density at radius 3 is 2.28 bits per heavy atom. The monoisotopic (exact) mass is 349 g/mol. The first-order chi connectivity index (χ1) is 11.5. The number of hydrogen-bond acceptors (Lipinski definition) is 3. The Labute approximate surface area is 151 Å². The van der Waals surface area contributed by atoms with Crippen LogP contribution in [0.15, 0.2) is 24.3 Å². The van der Waals surface area contributed by atoms with Gasteiger partial charge in [0.2, 0.25) is 0 Å². The minimum Gasteiger partial charge on any atom is -0.480 e. The number of aryl methyl sites for hydroxylation is 1. The Balaban J connectivity index is 3.00. The highest BCUT2D eigenvalue weighted by Gasteiger charge is 2.34. The number of nitrogens with zero attached hydrogens (tertiary/aromatic N) is 1. The maximum atomic E-state index is 12.6. The molecule has 140 valence electrons. The molecule has 0 saturated carbocycles. The van der Waals surface area contributed by atoms with E-state index < -0.39 is 23.7 Å². The van der Waals surface area contributed by atoms with Crippen LogP contribution in [0.25, 0.3) is 0 Å². The zero-order valence-electron chi connectivity index (χ0n) is 16.2. The number of benzene rings is 1. The molecule has 1 amide bonds. The molecular formula is C20H31NO4. The van der Waals surface area contributed by atoms with Gasteiger partial charge in [0.25, 0.3) is 0 Å². The number of carbonyl (C=O) groups is 2. The molecule has 0 fully saturated rings. The zero-order chi connectivity index (χ0) is 19.2. The van der Waals surface area contributed by atoms with Crippen molar-refractivity contribution in [2.45, 2.75) is 66.0 Å². The summed E-state index contributed by atoms with van der Waals surface area (Å²) in [4.78, 5) is 25.7. The van der Waals surface area contributed by atoms with Crippen molar-refractivity contribution < 1.29 is 19.4 Å². The predicted molar refractivity (Wildman–Crippen MR) is 98.7 cm³/mol. The second-order valence-electron chi connectivity index (χ2n) is 7.62. The smallest absolute Gasteiger partial charge is 0.411 e. The molecule has 0 spiro atoms. The van der Waals surface area contributed by atoms with Crippen molar-refractivity contribution in [1.29, 1.82) is 0 Å². The van der Waals surface area contributed by atoms with E-state index in [1.165, 1.54) is 10.5 Å². The molecule has 25 heavy (non-hydrogen) atoms. The maximum Gasteiger partial charge on any atom is 0.411 e. The third-order valence-corrected chi connectivity index (χ3v) is 3.89. The van der Waals surface area contributed by atoms with Gasteiger partial charge in [-0.15, -0.1) is 0 Å². The van der Waals surface area contributed by atoms with Crippen molar-refractivity contribution >= 4 is 12.1 Å². The second-order valence-corrected chi connectivity index (χ2v) is 7.62. The number of carbonyl (C=O) groups excluding carboxylic acids is 1. The number of rotatable bonds is 7. The molecule has 1 atom stereocenters. The predicted octanol–water partition coefficient (Wildman–Crippen LogP) is 4.14. The van der Waals surface area contributed by atoms with Gasteiger partial charge in [0.05, 0.1) is 0 Å². The zero-order valence-corrected chi connectivity index (χ0v) is 16.2. The average molecular weight is 349 g/mol. The van der Waals surface area contributed by atoms with Crippen molar-refractivity contribution in [2.75, 3.05) is 6.54 Å². The average Bonchev–Trinajstić information content (AvgIpc) is 2.48. The van der Waals surface area contributed by atoms with Gasteiger partial charge in [-0.1, -0.05) is 45.0 Å². The number of ether oxygens (including phenoxy) is 1. The van der Waals surface area contributed by atoms with Gasteiger partial charge in [-0.3, -0.25) is 4.90 Å². The summed E-state index contributed by atoms with van der Waals surface area (Å²) in [5, 5.41) is 9.59. The van der Waals surface area contributed by atoms with Gasteiger partial charge < -0.3 is 9.84 Å². The van der Waals surface area contributed by atoms with Crippen LogP contribution in [0.5, 0.6) is 0 Å². The van der Waals surface area contributed by atoms with Gasteiger partial charge in [-0.25, -0.2) is 9.59 Å². The van der Waals surface area contributed by atoms with E-state index in [-0.39, 0.29) is 5.92 Å². The molecule has 0 radical (unpaired) electrons. The fourth-order valence-corrected chi connectivity index (χ4v) is 2.70. The third kappa shape index (κ3) is 6.77. The standard InChI is InChI=1S/C20H31NO4/c1-7-15-9-8-10-16(13-15)11-12-21(17(14(2)3)18(22)23)19(24)25-20(4,5)6/h8-10,13-14,17H,7,11-12H2,1-6H3,(H,22,23)/t17-/m0/s1. The lowest BCUT2D eigenvalue weighted by Gasteiger charge is -2.33. The van der Waals surface area contributed by atoms with Crippen molar-refractivity contribution in [1.82, 2.24) is 4.90 Å². The van der Waals surface area contributed by atoms with Gasteiger partial charge in [-0.05, 0) is 50.7 Å². The molecule has 0 bridgehead atoms. The maximum absolute atomic E-state index is 12.6. The molecule has 0 unspecified atom stereocenters. The van der Waals surface area contributed by atoms with Gasteiger partial charge in [0.1, 0.15) is 11.6 Å². The normalized spacial score (nSPS) is 12.8. The molecule has 1 aromatic rings. The van der Waals surface area contributed by atoms with Crippen LogP contribution in [-0.2, 0) is 22.4 Å². The molecule has 1 N–H and O–H groups in total. The molecule has 1 aromatic carbocycles. The lowest BCUT2D eigenvalue weighted by Crippen LogP contribution is -2.50. The summed E-state index contributed by atoms with van der Waals surface area (Å²) in [5.74, 6) is -1.23.